The minimum atomic E-state index is -4.27. The smallest absolute Gasteiger partial charge is 0.371 e. The van der Waals surface area contributed by atoms with Crippen molar-refractivity contribution in [2.24, 2.45) is 0 Å². The minimum Gasteiger partial charge on any atom is -0.371 e. The zero-order valence-electron chi connectivity index (χ0n) is 26.9. The maximum Gasteiger partial charge on any atom is 0.529 e. The van der Waals surface area contributed by atoms with E-state index in [1.54, 1.807) is 0 Å². The predicted octanol–water partition coefficient (Wildman–Crippen LogP) is 12.4. The second-order valence-corrected chi connectivity index (χ2v) is 13.4. The Morgan fingerprint density at radius 3 is 1.07 bits per heavy atom. The second kappa shape index (κ2) is 31.6. The van der Waals surface area contributed by atoms with Crippen LogP contribution in [0.5, 0.6) is 0 Å². The molecule has 0 rings (SSSR count). The Hall–Kier alpha value is -0.380. The van der Waals surface area contributed by atoms with Crippen LogP contribution in [0, 0.1) is 0 Å². The summed E-state index contributed by atoms with van der Waals surface area (Å²) in [6, 6.07) is 0. The SMILES string of the molecule is CCCCCCCCCCCCCCCCCC(=O)OP(=O)(O)OCCCCCCCCCCCCCCCC. The summed E-state index contributed by atoms with van der Waals surface area (Å²) in [4.78, 5) is 21.7. The average molecular weight is 589 g/mol. The largest absolute Gasteiger partial charge is 0.529 e. The maximum atomic E-state index is 12.0. The van der Waals surface area contributed by atoms with Crippen molar-refractivity contribution in [3.05, 3.63) is 0 Å². The molecule has 0 aromatic rings. The molecule has 0 aromatic heterocycles. The van der Waals surface area contributed by atoms with Gasteiger partial charge in [0.05, 0.1) is 6.61 Å². The van der Waals surface area contributed by atoms with Crippen molar-refractivity contribution in [1.29, 1.82) is 0 Å². The lowest BCUT2D eigenvalue weighted by atomic mass is 10.0. The molecule has 0 aliphatic heterocycles. The lowest BCUT2D eigenvalue weighted by Gasteiger charge is -2.11. The summed E-state index contributed by atoms with van der Waals surface area (Å²) in [5, 5.41) is 0. The van der Waals surface area contributed by atoms with Crippen LogP contribution < -0.4 is 0 Å². The van der Waals surface area contributed by atoms with Gasteiger partial charge in [-0.25, -0.2) is 4.57 Å². The second-order valence-electron chi connectivity index (χ2n) is 12.1. The van der Waals surface area contributed by atoms with Crippen molar-refractivity contribution in [1.82, 2.24) is 0 Å². The molecule has 240 valence electrons. The van der Waals surface area contributed by atoms with Gasteiger partial charge in [0, 0.05) is 6.42 Å². The van der Waals surface area contributed by atoms with Gasteiger partial charge in [-0.1, -0.05) is 187 Å². The van der Waals surface area contributed by atoms with Gasteiger partial charge in [-0.2, -0.15) is 0 Å². The highest BCUT2D eigenvalue weighted by Gasteiger charge is 2.25. The molecular weight excluding hydrogens is 519 g/mol. The molecule has 0 spiro atoms. The van der Waals surface area contributed by atoms with Gasteiger partial charge in [-0.05, 0) is 12.8 Å². The molecule has 1 unspecified atom stereocenters. The fraction of sp³-hybridized carbons (Fsp3) is 0.971. The van der Waals surface area contributed by atoms with Crippen molar-refractivity contribution >= 4 is 13.8 Å². The molecule has 0 amide bonds. The highest BCUT2D eigenvalue weighted by Crippen LogP contribution is 2.43. The summed E-state index contributed by atoms with van der Waals surface area (Å²) in [7, 11) is -4.27. The molecule has 0 aromatic carbocycles. The minimum absolute atomic E-state index is 0.165. The molecule has 0 bridgehead atoms. The first-order chi connectivity index (χ1) is 19.5. The summed E-state index contributed by atoms with van der Waals surface area (Å²) >= 11 is 0. The molecule has 0 heterocycles. The first-order valence-electron chi connectivity index (χ1n) is 17.7. The van der Waals surface area contributed by atoms with Gasteiger partial charge in [0.2, 0.25) is 0 Å². The van der Waals surface area contributed by atoms with Crippen LogP contribution >= 0.6 is 7.82 Å². The number of hydrogen-bond acceptors (Lipinski definition) is 4. The molecule has 0 saturated heterocycles. The Kier molecular flexibility index (Phi) is 31.3. The Labute approximate surface area is 250 Å². The van der Waals surface area contributed by atoms with E-state index in [9.17, 15) is 14.3 Å². The number of phosphoric acid groups is 1. The summed E-state index contributed by atoms with van der Waals surface area (Å²) in [6.45, 7) is 4.69. The van der Waals surface area contributed by atoms with Crippen LogP contribution in [0.3, 0.4) is 0 Å². The number of phosphoric ester groups is 1. The topological polar surface area (TPSA) is 72.8 Å². The van der Waals surface area contributed by atoms with Crippen molar-refractivity contribution in [2.75, 3.05) is 6.61 Å². The van der Waals surface area contributed by atoms with Crippen LogP contribution in [0.2, 0.25) is 0 Å². The Bertz CT molecular complexity index is 569. The highest BCUT2D eigenvalue weighted by atomic mass is 31.2. The molecule has 0 aliphatic rings. The van der Waals surface area contributed by atoms with E-state index in [0.29, 0.717) is 6.42 Å². The molecule has 0 aliphatic carbocycles. The first kappa shape index (κ1) is 39.6. The number of rotatable bonds is 33. The molecular formula is C34H69O5P. The van der Waals surface area contributed by atoms with Crippen molar-refractivity contribution in [3.8, 4) is 0 Å². The number of carbonyl (C=O) groups excluding carboxylic acids is 1. The number of carbonyl (C=O) groups is 1. The maximum absolute atomic E-state index is 12.0. The third-order valence-corrected chi connectivity index (χ3v) is 8.90. The first-order valence-corrected chi connectivity index (χ1v) is 19.2. The molecule has 0 radical (unpaired) electrons. The molecule has 5 nitrogen and oxygen atoms in total. The van der Waals surface area contributed by atoms with E-state index in [2.05, 4.69) is 13.8 Å². The van der Waals surface area contributed by atoms with Gasteiger partial charge in [-0.15, -0.1) is 0 Å². The summed E-state index contributed by atoms with van der Waals surface area (Å²) in [6.07, 6.45) is 36.7. The lowest BCUT2D eigenvalue weighted by molar-refractivity contribution is -0.136. The lowest BCUT2D eigenvalue weighted by Crippen LogP contribution is -2.05. The molecule has 0 saturated carbocycles. The van der Waals surface area contributed by atoms with Crippen LogP contribution in [-0.4, -0.2) is 17.5 Å². The van der Waals surface area contributed by atoms with E-state index >= 15 is 0 Å². The fourth-order valence-corrected chi connectivity index (χ4v) is 6.08. The van der Waals surface area contributed by atoms with E-state index in [4.69, 9.17) is 9.05 Å². The standard InChI is InChI=1S/C34H69O5P/c1-3-5-7-9-11-13-15-17-19-20-22-24-26-28-30-32-34(35)39-40(36,37)38-33-31-29-27-25-23-21-18-16-14-12-10-8-6-4-2/h3-33H2,1-2H3,(H,36,37). The van der Waals surface area contributed by atoms with Crippen molar-refractivity contribution in [2.45, 2.75) is 206 Å². The monoisotopic (exact) mass is 588 g/mol. The molecule has 1 atom stereocenters. The number of hydrogen-bond donors (Lipinski definition) is 1. The quantitative estimate of drug-likeness (QED) is 0.0609. The van der Waals surface area contributed by atoms with Crippen LogP contribution in [0.1, 0.15) is 206 Å². The summed E-state index contributed by atoms with van der Waals surface area (Å²) < 4.78 is 21.7. The third-order valence-electron chi connectivity index (χ3n) is 7.95. The normalized spacial score (nSPS) is 13.0. The van der Waals surface area contributed by atoms with Gasteiger partial charge in [-0.3, -0.25) is 14.2 Å². The van der Waals surface area contributed by atoms with E-state index in [0.717, 1.165) is 32.1 Å². The Balaban J connectivity index is 3.41. The number of unbranched alkanes of at least 4 members (excludes halogenated alkanes) is 27. The zero-order chi connectivity index (χ0) is 29.4. The van der Waals surface area contributed by atoms with E-state index in [1.165, 1.54) is 148 Å². The third kappa shape index (κ3) is 32.1. The van der Waals surface area contributed by atoms with Gasteiger partial charge in [0.25, 0.3) is 0 Å². The Morgan fingerprint density at radius 1 is 0.475 bits per heavy atom. The van der Waals surface area contributed by atoms with E-state index in [-0.39, 0.29) is 13.0 Å². The van der Waals surface area contributed by atoms with Crippen molar-refractivity contribution < 1.29 is 23.3 Å². The van der Waals surface area contributed by atoms with Gasteiger partial charge in [0.1, 0.15) is 0 Å². The molecule has 40 heavy (non-hydrogen) atoms. The summed E-state index contributed by atoms with van der Waals surface area (Å²) in [5.74, 6) is -0.624. The van der Waals surface area contributed by atoms with Gasteiger partial charge >= 0.3 is 13.8 Å². The molecule has 0 fully saturated rings. The van der Waals surface area contributed by atoms with Crippen LogP contribution in [-0.2, 0) is 18.4 Å². The molecule has 1 N–H and O–H groups in total. The van der Waals surface area contributed by atoms with Gasteiger partial charge < -0.3 is 4.52 Å². The highest BCUT2D eigenvalue weighted by molar-refractivity contribution is 7.48. The summed E-state index contributed by atoms with van der Waals surface area (Å²) in [5.41, 5.74) is 0. The van der Waals surface area contributed by atoms with Crippen LogP contribution in [0.25, 0.3) is 0 Å². The van der Waals surface area contributed by atoms with Crippen molar-refractivity contribution in [3.63, 3.8) is 0 Å². The fourth-order valence-electron chi connectivity index (χ4n) is 5.32. The van der Waals surface area contributed by atoms with E-state index in [1.807, 2.05) is 0 Å². The zero-order valence-corrected chi connectivity index (χ0v) is 27.8. The van der Waals surface area contributed by atoms with Crippen LogP contribution in [0.4, 0.5) is 0 Å². The molecule has 6 heteroatoms. The van der Waals surface area contributed by atoms with E-state index < -0.39 is 13.8 Å². The van der Waals surface area contributed by atoms with Gasteiger partial charge in [0.15, 0.2) is 0 Å². The van der Waals surface area contributed by atoms with Crippen LogP contribution in [0.15, 0.2) is 0 Å². The predicted molar refractivity (Wildman–Crippen MR) is 172 cm³/mol. The average Bonchev–Trinajstić information content (AvgIpc) is 2.92. The Morgan fingerprint density at radius 2 is 0.750 bits per heavy atom.